The maximum absolute atomic E-state index is 12.4. The molecule has 0 saturated heterocycles. The van der Waals surface area contributed by atoms with Gasteiger partial charge in [0.25, 0.3) is 0 Å². The molecule has 0 aliphatic carbocycles. The summed E-state index contributed by atoms with van der Waals surface area (Å²) in [6, 6.07) is 7.64. The molecule has 2 aromatic rings. The number of nitrogens with zero attached hydrogens (tertiary/aromatic N) is 3. The van der Waals surface area contributed by atoms with Gasteiger partial charge in [-0.1, -0.05) is 30.1 Å². The van der Waals surface area contributed by atoms with E-state index in [2.05, 4.69) is 14.7 Å². The summed E-state index contributed by atoms with van der Waals surface area (Å²) in [7, 11) is 3.83. The summed E-state index contributed by atoms with van der Waals surface area (Å²) in [4.78, 5) is 17.1. The molecule has 0 aliphatic rings. The summed E-state index contributed by atoms with van der Waals surface area (Å²) in [5, 5.41) is 3.33. The average molecular weight is 384 g/mol. The molecule has 2 N–H and O–H groups in total. The molecule has 1 aromatic heterocycles. The fraction of sp³-hybridized carbons (Fsp3) is 0.500. The third-order valence-corrected chi connectivity index (χ3v) is 4.24. The highest BCUT2D eigenvalue weighted by Gasteiger charge is 2.38. The summed E-state index contributed by atoms with van der Waals surface area (Å²) >= 11 is 0. The van der Waals surface area contributed by atoms with Gasteiger partial charge >= 0.3 is 12.1 Å². The van der Waals surface area contributed by atoms with Crippen LogP contribution in [-0.4, -0.2) is 30.1 Å². The summed E-state index contributed by atoms with van der Waals surface area (Å²) in [5.41, 5.74) is 7.40. The van der Waals surface area contributed by atoms with Crippen LogP contribution < -0.4 is 10.6 Å². The number of rotatable bonds is 9. The first-order chi connectivity index (χ1) is 12.7. The molecule has 27 heavy (non-hydrogen) atoms. The number of primary amides is 1. The number of anilines is 1. The van der Waals surface area contributed by atoms with Gasteiger partial charge in [0.05, 0.1) is 5.92 Å². The van der Waals surface area contributed by atoms with E-state index in [1.807, 2.05) is 43.3 Å². The molecule has 1 atom stereocenters. The Hall–Kier alpha value is -2.58. The Labute approximate surface area is 155 Å². The fourth-order valence-corrected chi connectivity index (χ4v) is 2.77. The quantitative estimate of drug-likeness (QED) is 0.669. The van der Waals surface area contributed by atoms with Crippen molar-refractivity contribution in [2.75, 3.05) is 19.0 Å². The second-order valence-corrected chi connectivity index (χ2v) is 6.56. The predicted octanol–water partition coefficient (Wildman–Crippen LogP) is 3.53. The van der Waals surface area contributed by atoms with E-state index in [1.165, 1.54) is 0 Å². The van der Waals surface area contributed by atoms with Crippen molar-refractivity contribution in [1.82, 2.24) is 10.1 Å². The van der Waals surface area contributed by atoms with Crippen molar-refractivity contribution in [3.8, 4) is 0 Å². The molecular formula is C18H23F3N4O2. The molecule has 2 rings (SSSR count). The predicted molar refractivity (Wildman–Crippen MR) is 94.2 cm³/mol. The summed E-state index contributed by atoms with van der Waals surface area (Å²) in [6.45, 7) is 0. The smallest absolute Gasteiger partial charge is 0.378 e. The van der Waals surface area contributed by atoms with E-state index in [0.29, 0.717) is 25.7 Å². The van der Waals surface area contributed by atoms with E-state index in [9.17, 15) is 18.0 Å². The van der Waals surface area contributed by atoms with E-state index >= 15 is 0 Å². The topological polar surface area (TPSA) is 85.2 Å². The maximum atomic E-state index is 12.4. The number of amides is 1. The molecule has 0 saturated carbocycles. The number of aryl methyl sites for hydroxylation is 1. The first-order valence-corrected chi connectivity index (χ1v) is 8.65. The van der Waals surface area contributed by atoms with Gasteiger partial charge in [0, 0.05) is 26.2 Å². The lowest BCUT2D eigenvalue weighted by molar-refractivity contribution is -0.159. The van der Waals surface area contributed by atoms with E-state index in [-0.39, 0.29) is 18.2 Å². The number of nitrogens with two attached hydrogens (primary N) is 1. The molecule has 1 aromatic carbocycles. The van der Waals surface area contributed by atoms with Crippen LogP contribution in [0.15, 0.2) is 28.8 Å². The van der Waals surface area contributed by atoms with Crippen LogP contribution >= 0.6 is 0 Å². The van der Waals surface area contributed by atoms with E-state index < -0.39 is 18.0 Å². The molecule has 9 heteroatoms. The van der Waals surface area contributed by atoms with Gasteiger partial charge in [-0.3, -0.25) is 4.79 Å². The lowest BCUT2D eigenvalue weighted by Crippen LogP contribution is -2.22. The Morgan fingerprint density at radius 1 is 1.26 bits per heavy atom. The summed E-state index contributed by atoms with van der Waals surface area (Å²) in [6.07, 6.45) is -1.74. The van der Waals surface area contributed by atoms with Crippen LogP contribution in [0.4, 0.5) is 18.9 Å². The highest BCUT2D eigenvalue weighted by Crippen LogP contribution is 2.28. The van der Waals surface area contributed by atoms with Gasteiger partial charge in [-0.25, -0.2) is 0 Å². The van der Waals surface area contributed by atoms with Crippen molar-refractivity contribution in [2.24, 2.45) is 5.73 Å². The summed E-state index contributed by atoms with van der Waals surface area (Å²) < 4.78 is 41.4. The van der Waals surface area contributed by atoms with Crippen LogP contribution in [0.25, 0.3) is 0 Å². The molecule has 0 spiro atoms. The van der Waals surface area contributed by atoms with Gasteiger partial charge in [-0.15, -0.1) is 0 Å². The Kier molecular flexibility index (Phi) is 6.81. The number of hydrogen-bond acceptors (Lipinski definition) is 5. The molecule has 0 bridgehead atoms. The third-order valence-electron chi connectivity index (χ3n) is 4.24. The number of halogens is 3. The lowest BCUT2D eigenvalue weighted by Gasteiger charge is -2.18. The Balaban J connectivity index is 1.84. The Bertz CT molecular complexity index is 759. The lowest BCUT2D eigenvalue weighted by atomic mass is 9.92. The van der Waals surface area contributed by atoms with Crippen molar-refractivity contribution < 1.29 is 22.5 Å². The van der Waals surface area contributed by atoms with Gasteiger partial charge in [0.1, 0.15) is 0 Å². The standard InChI is InChI=1S/C18H23F3N4O2/c1-25(2)13-8-6-7-12(11-13)14(16(22)26)9-4-3-5-10-15-23-17(27-24-15)18(19,20)21/h6-8,11,14H,3-5,9-10H2,1-2H3,(H2,22,26). The highest BCUT2D eigenvalue weighted by molar-refractivity contribution is 5.82. The Morgan fingerprint density at radius 3 is 2.59 bits per heavy atom. The van der Waals surface area contributed by atoms with Crippen molar-refractivity contribution in [1.29, 1.82) is 0 Å². The Morgan fingerprint density at radius 2 is 2.00 bits per heavy atom. The zero-order valence-corrected chi connectivity index (χ0v) is 15.3. The number of alkyl halides is 3. The first kappa shape index (κ1) is 20.7. The van der Waals surface area contributed by atoms with Crippen LogP contribution in [0.3, 0.4) is 0 Å². The number of unbranched alkanes of at least 4 members (excludes halogenated alkanes) is 2. The van der Waals surface area contributed by atoms with Gasteiger partial charge in [0.15, 0.2) is 5.82 Å². The molecule has 6 nitrogen and oxygen atoms in total. The molecule has 148 valence electrons. The van der Waals surface area contributed by atoms with Crippen LogP contribution in [0, 0.1) is 0 Å². The highest BCUT2D eigenvalue weighted by atomic mass is 19.4. The van der Waals surface area contributed by atoms with Crippen LogP contribution in [-0.2, 0) is 17.4 Å². The second kappa shape index (κ2) is 8.88. The van der Waals surface area contributed by atoms with Crippen LogP contribution in [0.1, 0.15) is 48.9 Å². The molecule has 1 unspecified atom stereocenters. The number of hydrogen-bond donors (Lipinski definition) is 1. The van der Waals surface area contributed by atoms with Crippen molar-refractivity contribution in [2.45, 2.75) is 44.2 Å². The van der Waals surface area contributed by atoms with Gasteiger partial charge in [-0.05, 0) is 30.5 Å². The largest absolute Gasteiger partial charge is 0.471 e. The molecule has 1 heterocycles. The van der Waals surface area contributed by atoms with E-state index in [4.69, 9.17) is 5.73 Å². The second-order valence-electron chi connectivity index (χ2n) is 6.56. The number of carbonyl (C=O) groups is 1. The number of carbonyl (C=O) groups excluding carboxylic acids is 1. The number of aromatic nitrogens is 2. The van der Waals surface area contributed by atoms with Gasteiger partial charge in [0.2, 0.25) is 5.91 Å². The minimum absolute atomic E-state index is 0.0347. The third kappa shape index (κ3) is 5.97. The van der Waals surface area contributed by atoms with Crippen molar-refractivity contribution >= 4 is 11.6 Å². The molecule has 0 radical (unpaired) electrons. The molecule has 0 aliphatic heterocycles. The maximum Gasteiger partial charge on any atom is 0.471 e. The van der Waals surface area contributed by atoms with E-state index in [0.717, 1.165) is 11.3 Å². The van der Waals surface area contributed by atoms with Crippen LogP contribution in [0.2, 0.25) is 0 Å². The average Bonchev–Trinajstić information content (AvgIpc) is 3.07. The van der Waals surface area contributed by atoms with Gasteiger partial charge in [-0.2, -0.15) is 18.2 Å². The monoisotopic (exact) mass is 384 g/mol. The SMILES string of the molecule is CN(C)c1cccc(C(CCCCCc2noc(C(F)(F)F)n2)C(N)=O)c1. The summed E-state index contributed by atoms with van der Waals surface area (Å²) in [5.74, 6) is -2.08. The zero-order valence-electron chi connectivity index (χ0n) is 15.3. The fourth-order valence-electron chi connectivity index (χ4n) is 2.77. The van der Waals surface area contributed by atoms with Crippen molar-refractivity contribution in [3.05, 3.63) is 41.5 Å². The molecular weight excluding hydrogens is 361 g/mol. The molecule has 1 amide bonds. The van der Waals surface area contributed by atoms with Gasteiger partial charge < -0.3 is 15.2 Å². The van der Waals surface area contributed by atoms with Crippen LogP contribution in [0.5, 0.6) is 0 Å². The minimum atomic E-state index is -4.62. The van der Waals surface area contributed by atoms with Crippen molar-refractivity contribution in [3.63, 3.8) is 0 Å². The minimum Gasteiger partial charge on any atom is -0.378 e. The van der Waals surface area contributed by atoms with E-state index in [1.54, 1.807) is 0 Å². The first-order valence-electron chi connectivity index (χ1n) is 8.65. The normalized spacial score (nSPS) is 12.8. The number of benzene rings is 1. The molecule has 0 fully saturated rings. The zero-order chi connectivity index (χ0) is 20.0.